The van der Waals surface area contributed by atoms with Gasteiger partial charge in [0.25, 0.3) is 0 Å². The third kappa shape index (κ3) is 4.02. The molecular formula is C20H20FN5O. The Morgan fingerprint density at radius 3 is 2.63 bits per heavy atom. The van der Waals surface area contributed by atoms with Gasteiger partial charge in [0.15, 0.2) is 0 Å². The summed E-state index contributed by atoms with van der Waals surface area (Å²) in [4.78, 5) is 15.8. The number of rotatable bonds is 6. The number of hydrogen-bond acceptors (Lipinski definition) is 4. The zero-order valence-electron chi connectivity index (χ0n) is 15.0. The van der Waals surface area contributed by atoms with E-state index >= 15 is 0 Å². The molecule has 0 aliphatic heterocycles. The van der Waals surface area contributed by atoms with Gasteiger partial charge in [-0.1, -0.05) is 48.0 Å². The van der Waals surface area contributed by atoms with Crippen LogP contribution in [0.2, 0.25) is 0 Å². The van der Waals surface area contributed by atoms with E-state index in [1.54, 1.807) is 23.1 Å². The Balaban J connectivity index is 1.47. The molecule has 0 N–H and O–H groups in total. The number of benzene rings is 2. The van der Waals surface area contributed by atoms with E-state index in [0.717, 1.165) is 24.0 Å². The smallest absolute Gasteiger partial charge is 0.246 e. The second kappa shape index (κ2) is 7.26. The van der Waals surface area contributed by atoms with Gasteiger partial charge in [-0.3, -0.25) is 4.79 Å². The minimum atomic E-state index is -0.295. The van der Waals surface area contributed by atoms with Gasteiger partial charge >= 0.3 is 0 Å². The first-order valence-corrected chi connectivity index (χ1v) is 8.98. The summed E-state index contributed by atoms with van der Waals surface area (Å²) in [6.07, 6.45) is 1.89. The summed E-state index contributed by atoms with van der Waals surface area (Å²) in [5, 5.41) is 12.3. The molecule has 2 aromatic carbocycles. The van der Waals surface area contributed by atoms with Crippen LogP contribution in [0, 0.1) is 12.7 Å². The van der Waals surface area contributed by atoms with Crippen LogP contribution in [0.25, 0.3) is 11.4 Å². The first-order chi connectivity index (χ1) is 13.1. The van der Waals surface area contributed by atoms with E-state index in [0.29, 0.717) is 11.4 Å². The quantitative estimate of drug-likeness (QED) is 0.674. The van der Waals surface area contributed by atoms with E-state index in [1.807, 2.05) is 31.2 Å². The number of nitrogens with zero attached hydrogens (tertiary/aromatic N) is 5. The molecule has 7 heteroatoms. The maximum atomic E-state index is 14.0. The third-order valence-electron chi connectivity index (χ3n) is 4.65. The summed E-state index contributed by atoms with van der Waals surface area (Å²) < 4.78 is 14.0. The van der Waals surface area contributed by atoms with E-state index in [-0.39, 0.29) is 30.9 Å². The minimum absolute atomic E-state index is 0.0101. The zero-order valence-corrected chi connectivity index (χ0v) is 15.0. The first-order valence-electron chi connectivity index (χ1n) is 8.98. The lowest BCUT2D eigenvalue weighted by Crippen LogP contribution is -2.36. The molecule has 1 saturated carbocycles. The molecule has 3 aromatic rings. The molecule has 1 aliphatic carbocycles. The van der Waals surface area contributed by atoms with Crippen molar-refractivity contribution in [2.75, 3.05) is 0 Å². The summed E-state index contributed by atoms with van der Waals surface area (Å²) in [7, 11) is 0. The molecular weight excluding hydrogens is 345 g/mol. The molecule has 0 bridgehead atoms. The lowest BCUT2D eigenvalue weighted by Gasteiger charge is -2.22. The van der Waals surface area contributed by atoms with Gasteiger partial charge in [-0.05, 0) is 31.0 Å². The topological polar surface area (TPSA) is 63.9 Å². The van der Waals surface area contributed by atoms with Gasteiger partial charge in [0.1, 0.15) is 12.4 Å². The predicted octanol–water partition coefficient (Wildman–Crippen LogP) is 2.98. The van der Waals surface area contributed by atoms with Crippen LogP contribution in [0.4, 0.5) is 4.39 Å². The number of aromatic nitrogens is 4. The fourth-order valence-corrected chi connectivity index (χ4v) is 2.96. The Hall–Kier alpha value is -3.09. The van der Waals surface area contributed by atoms with Crippen molar-refractivity contribution in [3.8, 4) is 11.4 Å². The van der Waals surface area contributed by atoms with E-state index in [4.69, 9.17) is 0 Å². The molecule has 0 spiro atoms. The van der Waals surface area contributed by atoms with Gasteiger partial charge in [-0.25, -0.2) is 4.39 Å². The van der Waals surface area contributed by atoms with E-state index in [2.05, 4.69) is 15.4 Å². The number of hydrogen-bond donors (Lipinski definition) is 0. The van der Waals surface area contributed by atoms with Crippen molar-refractivity contribution in [1.82, 2.24) is 25.1 Å². The second-order valence-electron chi connectivity index (χ2n) is 6.85. The summed E-state index contributed by atoms with van der Waals surface area (Å²) >= 11 is 0. The van der Waals surface area contributed by atoms with Crippen LogP contribution < -0.4 is 0 Å². The van der Waals surface area contributed by atoms with Gasteiger partial charge < -0.3 is 4.90 Å². The highest BCUT2D eigenvalue weighted by Crippen LogP contribution is 2.29. The Morgan fingerprint density at radius 2 is 1.93 bits per heavy atom. The second-order valence-corrected chi connectivity index (χ2v) is 6.85. The van der Waals surface area contributed by atoms with Crippen molar-refractivity contribution in [1.29, 1.82) is 0 Å². The van der Waals surface area contributed by atoms with Gasteiger partial charge in [0.2, 0.25) is 11.7 Å². The average Bonchev–Trinajstić information content (AvgIpc) is 3.40. The Bertz CT molecular complexity index is 949. The summed E-state index contributed by atoms with van der Waals surface area (Å²) in [5.74, 6) is 0.0555. The Labute approximate surface area is 156 Å². The molecule has 1 aliphatic rings. The Morgan fingerprint density at radius 1 is 1.19 bits per heavy atom. The van der Waals surface area contributed by atoms with Crippen LogP contribution >= 0.6 is 0 Å². The van der Waals surface area contributed by atoms with E-state index in [9.17, 15) is 9.18 Å². The highest BCUT2D eigenvalue weighted by atomic mass is 19.1. The number of amides is 1. The molecule has 0 saturated heterocycles. The SMILES string of the molecule is Cc1ccc(-c2nnn(CC(=O)N(Cc3ccccc3F)C3CC3)n2)cc1. The monoisotopic (exact) mass is 365 g/mol. The average molecular weight is 365 g/mol. The standard InChI is InChI=1S/C20H20FN5O/c1-14-6-8-15(9-7-14)20-22-24-26(23-20)13-19(27)25(17-10-11-17)12-16-4-2-3-5-18(16)21/h2-9,17H,10-13H2,1H3. The molecule has 0 radical (unpaired) electrons. The molecule has 1 heterocycles. The number of carbonyl (C=O) groups is 1. The van der Waals surface area contributed by atoms with Gasteiger partial charge in [-0.15, -0.1) is 10.2 Å². The molecule has 27 heavy (non-hydrogen) atoms. The number of halogens is 1. The molecule has 1 aromatic heterocycles. The lowest BCUT2D eigenvalue weighted by molar-refractivity contribution is -0.133. The third-order valence-corrected chi connectivity index (χ3v) is 4.65. The first kappa shape index (κ1) is 17.3. The molecule has 1 fully saturated rings. The van der Waals surface area contributed by atoms with Crippen LogP contribution in [0.3, 0.4) is 0 Å². The summed E-state index contributed by atoms with van der Waals surface area (Å²) in [5.41, 5.74) is 2.52. The van der Waals surface area contributed by atoms with Gasteiger partial charge in [-0.2, -0.15) is 4.80 Å². The number of carbonyl (C=O) groups excluding carboxylic acids is 1. The zero-order chi connectivity index (χ0) is 18.8. The largest absolute Gasteiger partial charge is 0.334 e. The molecule has 0 atom stereocenters. The fourth-order valence-electron chi connectivity index (χ4n) is 2.96. The van der Waals surface area contributed by atoms with Crippen LogP contribution in [-0.4, -0.2) is 37.1 Å². The van der Waals surface area contributed by atoms with Crippen LogP contribution in [-0.2, 0) is 17.9 Å². The van der Waals surface area contributed by atoms with E-state index < -0.39 is 0 Å². The van der Waals surface area contributed by atoms with Crippen LogP contribution in [0.15, 0.2) is 48.5 Å². The van der Waals surface area contributed by atoms with Crippen molar-refractivity contribution in [3.05, 3.63) is 65.5 Å². The summed E-state index contributed by atoms with van der Waals surface area (Å²) in [6, 6.07) is 14.5. The summed E-state index contributed by atoms with van der Waals surface area (Å²) in [6.45, 7) is 2.26. The van der Waals surface area contributed by atoms with Crippen LogP contribution in [0.1, 0.15) is 24.0 Å². The highest BCUT2D eigenvalue weighted by molar-refractivity contribution is 5.76. The number of aryl methyl sites for hydroxylation is 1. The van der Waals surface area contributed by atoms with Crippen molar-refractivity contribution < 1.29 is 9.18 Å². The van der Waals surface area contributed by atoms with Crippen LogP contribution in [0.5, 0.6) is 0 Å². The van der Waals surface area contributed by atoms with Crippen molar-refractivity contribution >= 4 is 5.91 Å². The molecule has 4 rings (SSSR count). The molecule has 0 unspecified atom stereocenters. The number of tetrazole rings is 1. The van der Waals surface area contributed by atoms with Gasteiger partial charge in [0, 0.05) is 23.7 Å². The van der Waals surface area contributed by atoms with Crippen molar-refractivity contribution in [3.63, 3.8) is 0 Å². The molecule has 138 valence electrons. The van der Waals surface area contributed by atoms with Crippen molar-refractivity contribution in [2.24, 2.45) is 0 Å². The maximum Gasteiger partial charge on any atom is 0.246 e. The van der Waals surface area contributed by atoms with Crippen molar-refractivity contribution in [2.45, 2.75) is 38.9 Å². The highest BCUT2D eigenvalue weighted by Gasteiger charge is 2.33. The molecule has 1 amide bonds. The normalized spacial score (nSPS) is 13.6. The van der Waals surface area contributed by atoms with Gasteiger partial charge in [0.05, 0.1) is 0 Å². The minimum Gasteiger partial charge on any atom is -0.334 e. The Kier molecular flexibility index (Phi) is 4.66. The fraction of sp³-hybridized carbons (Fsp3) is 0.300. The maximum absolute atomic E-state index is 14.0. The molecule has 6 nitrogen and oxygen atoms in total. The van der Waals surface area contributed by atoms with E-state index in [1.165, 1.54) is 10.9 Å². The predicted molar refractivity (Wildman–Crippen MR) is 98.0 cm³/mol. The lowest BCUT2D eigenvalue weighted by atomic mass is 10.1.